The standard InChI is InChI=1S/C14H11BrF3N/c1-8-2-3-9(10(15)4-8)7-19-14-6-12(17)11(16)5-13(14)18/h2-6,19H,7H2,1H3. The summed E-state index contributed by atoms with van der Waals surface area (Å²) in [5.41, 5.74) is 1.93. The van der Waals surface area contributed by atoms with Crippen LogP contribution in [0.5, 0.6) is 0 Å². The summed E-state index contributed by atoms with van der Waals surface area (Å²) in [6, 6.07) is 7.07. The van der Waals surface area contributed by atoms with Crippen LogP contribution in [0.4, 0.5) is 18.9 Å². The highest BCUT2D eigenvalue weighted by Crippen LogP contribution is 2.22. The Labute approximate surface area is 117 Å². The molecule has 5 heteroatoms. The Morgan fingerprint density at radius 3 is 2.37 bits per heavy atom. The average Bonchev–Trinajstić information content (AvgIpc) is 2.34. The molecule has 2 aromatic rings. The van der Waals surface area contributed by atoms with Gasteiger partial charge in [-0.2, -0.15) is 0 Å². The molecule has 0 unspecified atom stereocenters. The maximum Gasteiger partial charge on any atom is 0.161 e. The van der Waals surface area contributed by atoms with E-state index in [2.05, 4.69) is 21.2 Å². The molecule has 0 aliphatic rings. The van der Waals surface area contributed by atoms with E-state index in [1.807, 2.05) is 25.1 Å². The minimum atomic E-state index is -1.19. The summed E-state index contributed by atoms with van der Waals surface area (Å²) in [5, 5.41) is 2.75. The Bertz CT molecular complexity index is 614. The van der Waals surface area contributed by atoms with Gasteiger partial charge in [0, 0.05) is 23.2 Å². The summed E-state index contributed by atoms with van der Waals surface area (Å²) in [6.07, 6.45) is 0. The first kappa shape index (κ1) is 13.9. The van der Waals surface area contributed by atoms with E-state index in [9.17, 15) is 13.2 Å². The molecular formula is C14H11BrF3N. The quantitative estimate of drug-likeness (QED) is 0.798. The SMILES string of the molecule is Cc1ccc(CNc2cc(F)c(F)cc2F)c(Br)c1. The van der Waals surface area contributed by atoms with Crippen LogP contribution in [0.15, 0.2) is 34.8 Å². The molecule has 0 atom stereocenters. The average molecular weight is 330 g/mol. The molecule has 1 N–H and O–H groups in total. The first-order valence-electron chi connectivity index (χ1n) is 5.61. The summed E-state index contributed by atoms with van der Waals surface area (Å²) in [7, 11) is 0. The number of aryl methyl sites for hydroxylation is 1. The predicted molar refractivity (Wildman–Crippen MR) is 72.5 cm³/mol. The summed E-state index contributed by atoms with van der Waals surface area (Å²) in [5.74, 6) is -3.09. The summed E-state index contributed by atoms with van der Waals surface area (Å²) < 4.78 is 40.1. The molecule has 0 bridgehead atoms. The minimum absolute atomic E-state index is 0.0635. The molecule has 0 saturated carbocycles. The second-order valence-electron chi connectivity index (χ2n) is 4.19. The fraction of sp³-hybridized carbons (Fsp3) is 0.143. The van der Waals surface area contributed by atoms with Crippen LogP contribution in [0.1, 0.15) is 11.1 Å². The number of rotatable bonds is 3. The van der Waals surface area contributed by atoms with Gasteiger partial charge in [-0.25, -0.2) is 13.2 Å². The number of hydrogen-bond donors (Lipinski definition) is 1. The number of benzene rings is 2. The maximum absolute atomic E-state index is 13.4. The molecule has 0 radical (unpaired) electrons. The molecule has 0 amide bonds. The molecule has 0 aromatic heterocycles. The third-order valence-corrected chi connectivity index (χ3v) is 3.43. The minimum Gasteiger partial charge on any atom is -0.378 e. The van der Waals surface area contributed by atoms with Gasteiger partial charge in [-0.15, -0.1) is 0 Å². The molecule has 0 aliphatic heterocycles. The molecule has 0 saturated heterocycles. The normalized spacial score (nSPS) is 10.6. The van der Waals surface area contributed by atoms with Crippen LogP contribution in [-0.4, -0.2) is 0 Å². The van der Waals surface area contributed by atoms with E-state index in [0.717, 1.165) is 21.7 Å². The Hall–Kier alpha value is -1.49. The van der Waals surface area contributed by atoms with Gasteiger partial charge in [0.05, 0.1) is 5.69 Å². The lowest BCUT2D eigenvalue weighted by molar-refractivity contribution is 0.496. The summed E-state index contributed by atoms with van der Waals surface area (Å²) in [4.78, 5) is 0. The van der Waals surface area contributed by atoms with Crippen molar-refractivity contribution < 1.29 is 13.2 Å². The van der Waals surface area contributed by atoms with E-state index >= 15 is 0 Å². The smallest absolute Gasteiger partial charge is 0.161 e. The lowest BCUT2D eigenvalue weighted by Gasteiger charge is -2.10. The zero-order valence-corrected chi connectivity index (χ0v) is 11.7. The number of nitrogens with one attached hydrogen (secondary N) is 1. The molecule has 2 rings (SSSR count). The van der Waals surface area contributed by atoms with Crippen molar-refractivity contribution in [2.45, 2.75) is 13.5 Å². The first-order chi connectivity index (χ1) is 8.97. The molecular weight excluding hydrogens is 319 g/mol. The predicted octanol–water partition coefficient (Wildman–Crippen LogP) is 4.79. The van der Waals surface area contributed by atoms with Crippen molar-refractivity contribution in [1.82, 2.24) is 0 Å². The van der Waals surface area contributed by atoms with Gasteiger partial charge in [-0.05, 0) is 24.1 Å². The zero-order valence-electron chi connectivity index (χ0n) is 10.1. The Kier molecular flexibility index (Phi) is 4.14. The number of hydrogen-bond acceptors (Lipinski definition) is 1. The van der Waals surface area contributed by atoms with Crippen LogP contribution in [0, 0.1) is 24.4 Å². The number of anilines is 1. The third-order valence-electron chi connectivity index (χ3n) is 2.69. The molecule has 0 heterocycles. The molecule has 0 aliphatic carbocycles. The Balaban J connectivity index is 2.16. The van der Waals surface area contributed by atoms with Gasteiger partial charge >= 0.3 is 0 Å². The van der Waals surface area contributed by atoms with Crippen molar-refractivity contribution in [3.63, 3.8) is 0 Å². The topological polar surface area (TPSA) is 12.0 Å². The van der Waals surface area contributed by atoms with Crippen LogP contribution in [-0.2, 0) is 6.54 Å². The van der Waals surface area contributed by atoms with E-state index in [-0.39, 0.29) is 5.69 Å². The van der Waals surface area contributed by atoms with Gasteiger partial charge in [0.25, 0.3) is 0 Å². The highest BCUT2D eigenvalue weighted by atomic mass is 79.9. The van der Waals surface area contributed by atoms with Crippen LogP contribution < -0.4 is 5.32 Å². The first-order valence-corrected chi connectivity index (χ1v) is 6.40. The molecule has 100 valence electrons. The number of halogens is 4. The van der Waals surface area contributed by atoms with Crippen molar-refractivity contribution in [3.8, 4) is 0 Å². The van der Waals surface area contributed by atoms with E-state index in [1.54, 1.807) is 0 Å². The van der Waals surface area contributed by atoms with Gasteiger partial charge < -0.3 is 5.32 Å². The van der Waals surface area contributed by atoms with Crippen LogP contribution in [0.25, 0.3) is 0 Å². The lowest BCUT2D eigenvalue weighted by atomic mass is 10.1. The lowest BCUT2D eigenvalue weighted by Crippen LogP contribution is -2.03. The maximum atomic E-state index is 13.4. The van der Waals surface area contributed by atoms with E-state index in [1.165, 1.54) is 0 Å². The Morgan fingerprint density at radius 1 is 1.00 bits per heavy atom. The fourth-order valence-electron chi connectivity index (χ4n) is 1.64. The summed E-state index contributed by atoms with van der Waals surface area (Å²) in [6.45, 7) is 2.26. The van der Waals surface area contributed by atoms with E-state index in [4.69, 9.17) is 0 Å². The molecule has 19 heavy (non-hydrogen) atoms. The monoisotopic (exact) mass is 329 g/mol. The van der Waals surface area contributed by atoms with Gasteiger partial charge in [0.1, 0.15) is 5.82 Å². The highest BCUT2D eigenvalue weighted by molar-refractivity contribution is 9.10. The van der Waals surface area contributed by atoms with Gasteiger partial charge in [-0.1, -0.05) is 28.1 Å². The largest absolute Gasteiger partial charge is 0.378 e. The van der Waals surface area contributed by atoms with Gasteiger partial charge in [-0.3, -0.25) is 0 Å². The second kappa shape index (κ2) is 5.65. The fourth-order valence-corrected chi connectivity index (χ4v) is 2.28. The van der Waals surface area contributed by atoms with Crippen LogP contribution >= 0.6 is 15.9 Å². The van der Waals surface area contributed by atoms with E-state index < -0.39 is 17.5 Å². The summed E-state index contributed by atoms with van der Waals surface area (Å²) >= 11 is 3.40. The van der Waals surface area contributed by atoms with Gasteiger partial charge in [0.15, 0.2) is 11.6 Å². The van der Waals surface area contributed by atoms with Crippen molar-refractivity contribution in [3.05, 3.63) is 63.4 Å². The zero-order chi connectivity index (χ0) is 14.0. The van der Waals surface area contributed by atoms with Crippen molar-refractivity contribution in [1.29, 1.82) is 0 Å². The molecule has 2 aromatic carbocycles. The molecule has 1 nitrogen and oxygen atoms in total. The van der Waals surface area contributed by atoms with Crippen molar-refractivity contribution >= 4 is 21.6 Å². The Morgan fingerprint density at radius 2 is 1.68 bits per heavy atom. The van der Waals surface area contributed by atoms with E-state index in [0.29, 0.717) is 12.6 Å². The highest BCUT2D eigenvalue weighted by Gasteiger charge is 2.10. The van der Waals surface area contributed by atoms with Crippen LogP contribution in [0.3, 0.4) is 0 Å². The molecule has 0 spiro atoms. The van der Waals surface area contributed by atoms with Crippen LogP contribution in [0.2, 0.25) is 0 Å². The van der Waals surface area contributed by atoms with Crippen molar-refractivity contribution in [2.75, 3.05) is 5.32 Å². The molecule has 0 fully saturated rings. The second-order valence-corrected chi connectivity index (χ2v) is 5.05. The third kappa shape index (κ3) is 3.29. The van der Waals surface area contributed by atoms with Gasteiger partial charge in [0.2, 0.25) is 0 Å². The van der Waals surface area contributed by atoms with Crippen molar-refractivity contribution in [2.24, 2.45) is 0 Å².